The molecule has 4 rings (SSSR count). The van der Waals surface area contributed by atoms with E-state index in [-0.39, 0.29) is 17.4 Å². The molecule has 1 aliphatic carbocycles. The minimum atomic E-state index is 0.00820. The Morgan fingerprint density at radius 2 is 1.85 bits per heavy atom. The molecule has 5 nitrogen and oxygen atoms in total. The first-order chi connectivity index (χ1) is 12.5. The fraction of sp³-hybridized carbons (Fsp3) is 0.429. The maximum atomic E-state index is 13.0. The normalized spacial score (nSPS) is 18.0. The number of piperidine rings is 1. The van der Waals surface area contributed by atoms with Crippen molar-refractivity contribution in [1.29, 1.82) is 0 Å². The maximum absolute atomic E-state index is 13.0. The number of aromatic nitrogens is 1. The average Bonchev–Trinajstić information content (AvgIpc) is 3.00. The number of nitrogens with zero attached hydrogens (tertiary/aromatic N) is 1. The molecule has 1 fully saturated rings. The molecule has 2 aliphatic rings. The number of aromatic amines is 1. The van der Waals surface area contributed by atoms with Gasteiger partial charge < -0.3 is 15.0 Å². The summed E-state index contributed by atoms with van der Waals surface area (Å²) in [6.45, 7) is 3.30. The first-order valence-electron chi connectivity index (χ1n) is 9.37. The van der Waals surface area contributed by atoms with Crippen molar-refractivity contribution < 1.29 is 14.7 Å². The highest BCUT2D eigenvalue weighted by Crippen LogP contribution is 2.31. The fourth-order valence-corrected chi connectivity index (χ4v) is 4.31. The van der Waals surface area contributed by atoms with E-state index in [0.717, 1.165) is 42.5 Å². The second kappa shape index (κ2) is 6.63. The van der Waals surface area contributed by atoms with Crippen LogP contribution in [0.1, 0.15) is 69.3 Å². The molecular weight excluding hydrogens is 328 g/mol. The Labute approximate surface area is 153 Å². The van der Waals surface area contributed by atoms with Crippen LogP contribution in [0, 0.1) is 6.92 Å². The molecule has 2 N–H and O–H groups in total. The van der Waals surface area contributed by atoms with Crippen LogP contribution in [0.4, 0.5) is 0 Å². The van der Waals surface area contributed by atoms with Crippen molar-refractivity contribution in [1.82, 2.24) is 9.88 Å². The van der Waals surface area contributed by atoms with Crippen LogP contribution in [0.5, 0.6) is 5.75 Å². The Balaban J connectivity index is 1.47. The van der Waals surface area contributed by atoms with Gasteiger partial charge in [-0.3, -0.25) is 9.59 Å². The number of phenols is 1. The number of aryl methyl sites for hydroxylation is 1. The molecule has 5 heteroatoms. The zero-order valence-electron chi connectivity index (χ0n) is 15.0. The standard InChI is InChI=1S/C21H24N2O3/c1-13-19-17(3-2-4-18(19)25)22-20(13)21(26)23-11-9-15(10-12-23)14-5-7-16(24)8-6-14/h5-8,15,22,24H,2-4,9-12H2,1H3. The van der Waals surface area contributed by atoms with E-state index >= 15 is 0 Å². The monoisotopic (exact) mass is 352 g/mol. The number of carbonyl (C=O) groups is 2. The molecule has 26 heavy (non-hydrogen) atoms. The molecule has 0 bridgehead atoms. The van der Waals surface area contributed by atoms with E-state index in [2.05, 4.69) is 4.98 Å². The van der Waals surface area contributed by atoms with Crippen molar-refractivity contribution >= 4 is 11.7 Å². The summed E-state index contributed by atoms with van der Waals surface area (Å²) in [5.41, 5.74) is 4.30. The third kappa shape index (κ3) is 2.91. The zero-order valence-corrected chi connectivity index (χ0v) is 15.0. The van der Waals surface area contributed by atoms with Gasteiger partial charge in [-0.15, -0.1) is 0 Å². The first-order valence-corrected chi connectivity index (χ1v) is 9.37. The lowest BCUT2D eigenvalue weighted by molar-refractivity contribution is 0.0706. The van der Waals surface area contributed by atoms with E-state index in [4.69, 9.17) is 0 Å². The van der Waals surface area contributed by atoms with Crippen molar-refractivity contribution in [3.05, 3.63) is 52.3 Å². The Morgan fingerprint density at radius 3 is 2.50 bits per heavy atom. The minimum Gasteiger partial charge on any atom is -0.508 e. The van der Waals surface area contributed by atoms with Crippen molar-refractivity contribution in [3.8, 4) is 5.75 Å². The van der Waals surface area contributed by atoms with Gasteiger partial charge in [-0.05, 0) is 61.8 Å². The molecule has 0 unspecified atom stereocenters. The molecule has 1 aliphatic heterocycles. The fourth-order valence-electron chi connectivity index (χ4n) is 4.31. The molecule has 1 saturated heterocycles. The number of H-pyrrole nitrogens is 1. The lowest BCUT2D eigenvalue weighted by Crippen LogP contribution is -2.38. The number of phenolic OH excluding ortho intramolecular Hbond substituents is 1. The van der Waals surface area contributed by atoms with Crippen LogP contribution in [-0.2, 0) is 6.42 Å². The average molecular weight is 352 g/mol. The van der Waals surface area contributed by atoms with Gasteiger partial charge in [0.15, 0.2) is 5.78 Å². The summed E-state index contributed by atoms with van der Waals surface area (Å²) in [5.74, 6) is 0.861. The van der Waals surface area contributed by atoms with E-state index < -0.39 is 0 Å². The molecular formula is C21H24N2O3. The predicted molar refractivity (Wildman–Crippen MR) is 98.8 cm³/mol. The summed E-state index contributed by atoms with van der Waals surface area (Å²) in [6, 6.07) is 7.37. The van der Waals surface area contributed by atoms with Gasteiger partial charge in [0.05, 0.1) is 0 Å². The third-order valence-electron chi connectivity index (χ3n) is 5.80. The van der Waals surface area contributed by atoms with E-state index in [1.165, 1.54) is 5.56 Å². The second-order valence-electron chi connectivity index (χ2n) is 7.41. The maximum Gasteiger partial charge on any atom is 0.270 e. The minimum absolute atomic E-state index is 0.00820. The van der Waals surface area contributed by atoms with Gasteiger partial charge in [0.2, 0.25) is 0 Å². The number of aromatic hydroxyl groups is 1. The molecule has 2 aromatic rings. The number of benzene rings is 1. The van der Waals surface area contributed by atoms with Crippen LogP contribution in [0.25, 0.3) is 0 Å². The number of hydrogen-bond donors (Lipinski definition) is 2. The number of fused-ring (bicyclic) bond motifs is 1. The van der Waals surface area contributed by atoms with Gasteiger partial charge in [-0.2, -0.15) is 0 Å². The molecule has 1 aromatic heterocycles. The Bertz CT molecular complexity index is 843. The summed E-state index contributed by atoms with van der Waals surface area (Å²) < 4.78 is 0. The highest BCUT2D eigenvalue weighted by molar-refractivity contribution is 6.04. The summed E-state index contributed by atoms with van der Waals surface area (Å²) in [5, 5.41) is 9.43. The number of Topliss-reactive ketones (excluding diaryl/α,β-unsaturated/α-hetero) is 1. The van der Waals surface area contributed by atoms with Crippen LogP contribution >= 0.6 is 0 Å². The summed E-state index contributed by atoms with van der Waals surface area (Å²) >= 11 is 0. The van der Waals surface area contributed by atoms with Gasteiger partial charge in [0.1, 0.15) is 11.4 Å². The van der Waals surface area contributed by atoms with Crippen LogP contribution in [0.2, 0.25) is 0 Å². The largest absolute Gasteiger partial charge is 0.508 e. The van der Waals surface area contributed by atoms with Crippen LogP contribution < -0.4 is 0 Å². The number of nitrogens with one attached hydrogen (secondary N) is 1. The van der Waals surface area contributed by atoms with Gasteiger partial charge in [-0.25, -0.2) is 0 Å². The third-order valence-corrected chi connectivity index (χ3v) is 5.80. The van der Waals surface area contributed by atoms with E-state index in [1.54, 1.807) is 12.1 Å². The van der Waals surface area contributed by atoms with Gasteiger partial charge in [0, 0.05) is 30.8 Å². The SMILES string of the molecule is Cc1c(C(=O)N2CCC(c3ccc(O)cc3)CC2)[nH]c2c1C(=O)CCC2. The molecule has 0 radical (unpaired) electrons. The summed E-state index contributed by atoms with van der Waals surface area (Å²) in [4.78, 5) is 30.3. The van der Waals surface area contributed by atoms with Gasteiger partial charge >= 0.3 is 0 Å². The number of amides is 1. The van der Waals surface area contributed by atoms with Gasteiger partial charge in [-0.1, -0.05) is 12.1 Å². The second-order valence-corrected chi connectivity index (χ2v) is 7.41. The summed E-state index contributed by atoms with van der Waals surface area (Å²) in [7, 11) is 0. The van der Waals surface area contributed by atoms with E-state index in [0.29, 0.717) is 31.1 Å². The number of rotatable bonds is 2. The topological polar surface area (TPSA) is 73.4 Å². The quantitative estimate of drug-likeness (QED) is 0.868. The zero-order chi connectivity index (χ0) is 18.3. The lowest BCUT2D eigenvalue weighted by Gasteiger charge is -2.32. The van der Waals surface area contributed by atoms with Crippen LogP contribution in [-0.4, -0.2) is 39.8 Å². The highest BCUT2D eigenvalue weighted by Gasteiger charge is 2.30. The molecule has 2 heterocycles. The molecule has 0 spiro atoms. The number of hydrogen-bond acceptors (Lipinski definition) is 3. The lowest BCUT2D eigenvalue weighted by atomic mass is 9.89. The van der Waals surface area contributed by atoms with Crippen LogP contribution in [0.3, 0.4) is 0 Å². The predicted octanol–water partition coefficient (Wildman–Crippen LogP) is 3.57. The highest BCUT2D eigenvalue weighted by atomic mass is 16.3. The van der Waals surface area contributed by atoms with Crippen molar-refractivity contribution in [3.63, 3.8) is 0 Å². The van der Waals surface area contributed by atoms with Crippen molar-refractivity contribution in [2.45, 2.75) is 44.9 Å². The molecule has 136 valence electrons. The number of ketones is 1. The Hall–Kier alpha value is -2.56. The van der Waals surface area contributed by atoms with Crippen LogP contribution in [0.15, 0.2) is 24.3 Å². The molecule has 1 aromatic carbocycles. The molecule has 0 atom stereocenters. The Morgan fingerprint density at radius 1 is 1.15 bits per heavy atom. The van der Waals surface area contributed by atoms with E-state index in [1.807, 2.05) is 24.0 Å². The van der Waals surface area contributed by atoms with Crippen molar-refractivity contribution in [2.75, 3.05) is 13.1 Å². The first kappa shape index (κ1) is 16.9. The molecule has 0 saturated carbocycles. The smallest absolute Gasteiger partial charge is 0.270 e. The number of likely N-dealkylation sites (tertiary alicyclic amines) is 1. The van der Waals surface area contributed by atoms with Gasteiger partial charge in [0.25, 0.3) is 5.91 Å². The Kier molecular flexibility index (Phi) is 4.31. The molecule has 1 amide bonds. The van der Waals surface area contributed by atoms with Crippen molar-refractivity contribution in [2.24, 2.45) is 0 Å². The number of carbonyl (C=O) groups excluding carboxylic acids is 2. The summed E-state index contributed by atoms with van der Waals surface area (Å²) in [6.07, 6.45) is 4.11. The van der Waals surface area contributed by atoms with E-state index in [9.17, 15) is 14.7 Å².